The van der Waals surface area contributed by atoms with Gasteiger partial charge in [-0.25, -0.2) is 15.0 Å². The number of rotatable bonds is 4. The van der Waals surface area contributed by atoms with E-state index in [1.54, 1.807) is 0 Å². The molecule has 0 spiro atoms. The molecule has 0 aliphatic heterocycles. The van der Waals surface area contributed by atoms with Gasteiger partial charge in [-0.1, -0.05) is 66.7 Å². The summed E-state index contributed by atoms with van der Waals surface area (Å²) in [6.45, 7) is 0. The normalized spacial score (nSPS) is 30.7. The van der Waals surface area contributed by atoms with Crippen molar-refractivity contribution in [3.05, 3.63) is 109 Å². The zero-order chi connectivity index (χ0) is 38.2. The molecule has 5 aromatic carbocycles. The first-order valence-electron chi connectivity index (χ1n) is 22.6. The van der Waals surface area contributed by atoms with E-state index in [0.29, 0.717) is 0 Å². The van der Waals surface area contributed by atoms with Gasteiger partial charge in [-0.2, -0.15) is 0 Å². The molecule has 290 valence electrons. The summed E-state index contributed by atoms with van der Waals surface area (Å²) in [5, 5.41) is 7.39. The predicted molar refractivity (Wildman–Crippen MR) is 239 cm³/mol. The number of aromatic nitrogens is 4. The maximum absolute atomic E-state index is 6.91. The fourth-order valence-corrected chi connectivity index (χ4v) is 16.7. The quantitative estimate of drug-likeness (QED) is 0.178. The molecule has 8 saturated carbocycles. The number of hydrogen-bond donors (Lipinski definition) is 0. The zero-order valence-electron chi connectivity index (χ0n) is 33.3. The Morgan fingerprint density at radius 1 is 0.542 bits per heavy atom. The molecule has 59 heavy (non-hydrogen) atoms. The first-order valence-corrected chi connectivity index (χ1v) is 23.4. The van der Waals surface area contributed by atoms with E-state index in [2.05, 4.69) is 102 Å². The van der Waals surface area contributed by atoms with Crippen molar-refractivity contribution in [2.75, 3.05) is 0 Å². The molecule has 8 aliphatic rings. The van der Waals surface area contributed by atoms with Gasteiger partial charge in [0.05, 0.1) is 16.4 Å². The molecule has 0 radical (unpaired) electrons. The SMILES string of the molecule is c1cc(-c2nc(C34CC5CC(CC(C5)C3)C4)nc(C34CC5CC(CC(C5)C3)C4)n2)cc(-n2c3ccccc3c3c4sc5ccccc5c4c4oc5ccccc5c4c32)c1. The highest BCUT2D eigenvalue weighted by Crippen LogP contribution is 2.63. The minimum absolute atomic E-state index is 0.109. The highest BCUT2D eigenvalue weighted by atomic mass is 32.1. The van der Waals surface area contributed by atoms with E-state index in [0.717, 1.165) is 80.8 Å². The maximum Gasteiger partial charge on any atom is 0.163 e. The molecule has 5 nitrogen and oxygen atoms in total. The average Bonchev–Trinajstić information content (AvgIpc) is 3.93. The molecular weight excluding hydrogens is 741 g/mol. The molecule has 0 saturated heterocycles. The number of hydrogen-bond acceptors (Lipinski definition) is 5. The molecule has 0 unspecified atom stereocenters. The van der Waals surface area contributed by atoms with Crippen LogP contribution >= 0.6 is 11.3 Å². The standard InChI is InChI=1S/C53H46N4OS/c1-4-13-40-37(10-1)44-46(43-38-11-2-5-14-41(38)58-47(43)45-39-12-3-6-15-42(39)59-48(44)45)57(40)36-9-7-8-35(22-36)49-54-50(52-23-29-16-30(24-52)18-31(17-29)25-52)56-51(55-49)53-26-32-19-33(27-53)21-34(20-32)28-53/h1-15,22,29-34H,16-21,23-28H2. The second-order valence-electron chi connectivity index (χ2n) is 20.4. The Balaban J connectivity index is 0.989. The van der Waals surface area contributed by atoms with Crippen molar-refractivity contribution in [2.24, 2.45) is 35.5 Å². The minimum atomic E-state index is 0.109. The lowest BCUT2D eigenvalue weighted by Crippen LogP contribution is -2.51. The van der Waals surface area contributed by atoms with Crippen LogP contribution in [-0.4, -0.2) is 19.5 Å². The molecule has 4 aromatic heterocycles. The molecule has 0 N–H and O–H groups in total. The van der Waals surface area contributed by atoms with Crippen LogP contribution in [0.15, 0.2) is 101 Å². The fourth-order valence-electron chi connectivity index (χ4n) is 15.4. The summed E-state index contributed by atoms with van der Waals surface area (Å²) in [6.07, 6.45) is 16.2. The van der Waals surface area contributed by atoms with Crippen molar-refractivity contribution in [2.45, 2.75) is 87.9 Å². The van der Waals surface area contributed by atoms with Crippen LogP contribution in [-0.2, 0) is 10.8 Å². The van der Waals surface area contributed by atoms with E-state index >= 15 is 0 Å². The first-order chi connectivity index (χ1) is 29.0. The Kier molecular flexibility index (Phi) is 6.32. The second-order valence-corrected chi connectivity index (χ2v) is 21.5. The van der Waals surface area contributed by atoms with Crippen LogP contribution in [0.3, 0.4) is 0 Å². The monoisotopic (exact) mass is 786 g/mol. The summed E-state index contributed by atoms with van der Waals surface area (Å²) in [5.41, 5.74) is 6.77. The van der Waals surface area contributed by atoms with E-state index in [1.807, 2.05) is 11.3 Å². The van der Waals surface area contributed by atoms with E-state index in [-0.39, 0.29) is 10.8 Å². The highest BCUT2D eigenvalue weighted by Gasteiger charge is 2.56. The number of thiophene rings is 1. The summed E-state index contributed by atoms with van der Waals surface area (Å²) >= 11 is 1.89. The van der Waals surface area contributed by atoms with Gasteiger partial charge in [0.1, 0.15) is 22.8 Å². The number of furan rings is 1. The highest BCUT2D eigenvalue weighted by molar-refractivity contribution is 7.27. The number of benzene rings is 5. The van der Waals surface area contributed by atoms with Gasteiger partial charge in [-0.3, -0.25) is 0 Å². The Hall–Kier alpha value is -5.07. The van der Waals surface area contributed by atoms with E-state index in [1.165, 1.54) is 124 Å². The van der Waals surface area contributed by atoms with Gasteiger partial charge in [0.25, 0.3) is 0 Å². The summed E-state index contributed by atoms with van der Waals surface area (Å²) in [7, 11) is 0. The summed E-state index contributed by atoms with van der Waals surface area (Å²) in [5.74, 6) is 8.22. The van der Waals surface area contributed by atoms with E-state index in [9.17, 15) is 0 Å². The maximum atomic E-state index is 6.91. The molecule has 0 amide bonds. The predicted octanol–water partition coefficient (Wildman–Crippen LogP) is 13.8. The van der Waals surface area contributed by atoms with Crippen LogP contribution in [0.2, 0.25) is 0 Å². The molecule has 9 aromatic rings. The summed E-state index contributed by atoms with van der Waals surface area (Å²) in [4.78, 5) is 17.1. The smallest absolute Gasteiger partial charge is 0.163 e. The van der Waals surface area contributed by atoms with Gasteiger partial charge < -0.3 is 8.98 Å². The van der Waals surface area contributed by atoms with Gasteiger partial charge in [-0.05, 0) is 143 Å². The first kappa shape index (κ1) is 32.7. The molecule has 17 rings (SSSR count). The number of nitrogens with zero attached hydrogens (tertiary/aromatic N) is 4. The number of fused-ring (bicyclic) bond motifs is 12. The van der Waals surface area contributed by atoms with Crippen molar-refractivity contribution >= 4 is 75.3 Å². The molecule has 8 aliphatic carbocycles. The lowest BCUT2D eigenvalue weighted by molar-refractivity contribution is -0.0155. The summed E-state index contributed by atoms with van der Waals surface area (Å²) in [6, 6.07) is 35.6. The van der Waals surface area contributed by atoms with Crippen molar-refractivity contribution in [1.82, 2.24) is 19.5 Å². The third kappa shape index (κ3) is 4.44. The van der Waals surface area contributed by atoms with E-state index < -0.39 is 0 Å². The summed E-state index contributed by atoms with van der Waals surface area (Å²) < 4.78 is 12.0. The van der Waals surface area contributed by atoms with E-state index in [4.69, 9.17) is 19.4 Å². The third-order valence-corrected chi connectivity index (χ3v) is 18.0. The molecule has 6 heteroatoms. The van der Waals surface area contributed by atoms with Crippen LogP contribution in [0.1, 0.15) is 88.7 Å². The molecule has 0 atom stereocenters. The van der Waals surface area contributed by atoms with Gasteiger partial charge >= 0.3 is 0 Å². The van der Waals surface area contributed by atoms with Gasteiger partial charge in [0.15, 0.2) is 5.82 Å². The fraction of sp³-hybridized carbons (Fsp3) is 0.377. The van der Waals surface area contributed by atoms with Crippen LogP contribution in [0.4, 0.5) is 0 Å². The van der Waals surface area contributed by atoms with Gasteiger partial charge in [0, 0.05) is 58.4 Å². The Bertz CT molecular complexity index is 3110. The third-order valence-electron chi connectivity index (χ3n) is 16.8. The average molecular weight is 787 g/mol. The lowest BCUT2D eigenvalue weighted by Gasteiger charge is -2.57. The van der Waals surface area contributed by atoms with Gasteiger partial charge in [0.2, 0.25) is 0 Å². The second kappa shape index (κ2) is 11.4. The van der Waals surface area contributed by atoms with Crippen LogP contribution in [0, 0.1) is 35.5 Å². The van der Waals surface area contributed by atoms with Crippen LogP contribution in [0.25, 0.3) is 81.0 Å². The minimum Gasteiger partial charge on any atom is -0.455 e. The molecule has 8 fully saturated rings. The van der Waals surface area contributed by atoms with Gasteiger partial charge in [-0.15, -0.1) is 11.3 Å². The number of para-hydroxylation sites is 2. The van der Waals surface area contributed by atoms with Crippen molar-refractivity contribution in [3.8, 4) is 17.1 Å². The lowest BCUT2D eigenvalue weighted by atomic mass is 9.49. The Labute approximate surface area is 346 Å². The topological polar surface area (TPSA) is 56.7 Å². The van der Waals surface area contributed by atoms with Crippen molar-refractivity contribution < 1.29 is 4.42 Å². The Morgan fingerprint density at radius 3 is 1.78 bits per heavy atom. The Morgan fingerprint density at radius 2 is 1.12 bits per heavy atom. The largest absolute Gasteiger partial charge is 0.455 e. The van der Waals surface area contributed by atoms with Crippen LogP contribution < -0.4 is 0 Å². The molecule has 4 heterocycles. The molecular formula is C53H46N4OS. The van der Waals surface area contributed by atoms with Crippen LogP contribution in [0.5, 0.6) is 0 Å². The zero-order valence-corrected chi connectivity index (χ0v) is 34.1. The molecule has 8 bridgehead atoms. The van der Waals surface area contributed by atoms with Crippen molar-refractivity contribution in [1.29, 1.82) is 0 Å². The van der Waals surface area contributed by atoms with Crippen molar-refractivity contribution in [3.63, 3.8) is 0 Å².